The highest BCUT2D eigenvalue weighted by Gasteiger charge is 2.10. The molecule has 0 bridgehead atoms. The molecule has 0 aromatic heterocycles. The van der Waals surface area contributed by atoms with E-state index in [0.717, 1.165) is 10.0 Å². The van der Waals surface area contributed by atoms with Crippen LogP contribution in [0.25, 0.3) is 0 Å². The van der Waals surface area contributed by atoms with Crippen LogP contribution in [0, 0.1) is 0 Å². The van der Waals surface area contributed by atoms with Crippen molar-refractivity contribution in [2.75, 3.05) is 11.9 Å². The van der Waals surface area contributed by atoms with Crippen LogP contribution in [0.1, 0.15) is 28.9 Å². The number of carbonyl (C=O) groups excluding carboxylic acids is 2. The van der Waals surface area contributed by atoms with Gasteiger partial charge in [0.05, 0.1) is 6.04 Å². The fraction of sp³-hybridized carbons (Fsp3) is 0.158. The molecule has 130 valence electrons. The van der Waals surface area contributed by atoms with Crippen LogP contribution in [0.5, 0.6) is 0 Å². The molecule has 6 heteroatoms. The predicted molar refractivity (Wildman–Crippen MR) is 104 cm³/mol. The number of urea groups is 1. The van der Waals surface area contributed by atoms with Gasteiger partial charge in [0.2, 0.25) is 0 Å². The number of rotatable bonds is 6. The fourth-order valence-electron chi connectivity index (χ4n) is 2.19. The van der Waals surface area contributed by atoms with Crippen molar-refractivity contribution in [3.05, 3.63) is 76.8 Å². The summed E-state index contributed by atoms with van der Waals surface area (Å²) < 4.78 is 0.962. The van der Waals surface area contributed by atoms with Crippen LogP contribution in [0.3, 0.4) is 0 Å². The maximum absolute atomic E-state index is 12.1. The third-order valence-corrected chi connectivity index (χ3v) is 4.00. The van der Waals surface area contributed by atoms with E-state index < -0.39 is 0 Å². The minimum absolute atomic E-state index is 0.138. The second kappa shape index (κ2) is 9.03. The summed E-state index contributed by atoms with van der Waals surface area (Å²) in [4.78, 5) is 23.9. The van der Waals surface area contributed by atoms with Gasteiger partial charge in [-0.1, -0.05) is 34.1 Å². The number of carbonyl (C=O) groups is 2. The van der Waals surface area contributed by atoms with Crippen LogP contribution >= 0.6 is 15.9 Å². The normalized spacial score (nSPS) is 11.3. The monoisotopic (exact) mass is 401 g/mol. The highest BCUT2D eigenvalue weighted by Crippen LogP contribution is 2.18. The van der Waals surface area contributed by atoms with Gasteiger partial charge in [0, 0.05) is 22.3 Å². The van der Waals surface area contributed by atoms with E-state index in [2.05, 4.69) is 38.5 Å². The van der Waals surface area contributed by atoms with Gasteiger partial charge in [-0.2, -0.15) is 0 Å². The van der Waals surface area contributed by atoms with Gasteiger partial charge in [-0.3, -0.25) is 4.79 Å². The zero-order chi connectivity index (χ0) is 18.2. The van der Waals surface area contributed by atoms with Gasteiger partial charge in [0.15, 0.2) is 0 Å². The minimum Gasteiger partial charge on any atom is -0.349 e. The van der Waals surface area contributed by atoms with Crippen LogP contribution in [-0.4, -0.2) is 18.5 Å². The first kappa shape index (κ1) is 18.7. The fourth-order valence-corrected chi connectivity index (χ4v) is 2.61. The number of hydrogen-bond donors (Lipinski definition) is 3. The second-order valence-electron chi connectivity index (χ2n) is 5.45. The molecule has 0 aliphatic heterocycles. The SMILES string of the molecule is C=CCNC(=O)c1ccc(NC(=O)NC(C)c2cccc(Br)c2)cc1. The van der Waals surface area contributed by atoms with Crippen molar-refractivity contribution in [2.45, 2.75) is 13.0 Å². The molecule has 2 aromatic rings. The molecule has 0 fully saturated rings. The number of halogens is 1. The lowest BCUT2D eigenvalue weighted by Gasteiger charge is -2.15. The molecule has 2 rings (SSSR count). The van der Waals surface area contributed by atoms with Crippen LogP contribution < -0.4 is 16.0 Å². The average molecular weight is 402 g/mol. The molecule has 5 nitrogen and oxygen atoms in total. The van der Waals surface area contributed by atoms with E-state index in [1.54, 1.807) is 30.3 Å². The quantitative estimate of drug-likeness (QED) is 0.633. The summed E-state index contributed by atoms with van der Waals surface area (Å²) in [5, 5.41) is 8.33. The Morgan fingerprint density at radius 1 is 1.20 bits per heavy atom. The maximum Gasteiger partial charge on any atom is 0.319 e. The Balaban J connectivity index is 1.92. The summed E-state index contributed by atoms with van der Waals surface area (Å²) in [7, 11) is 0. The van der Waals surface area contributed by atoms with Gasteiger partial charge < -0.3 is 16.0 Å². The van der Waals surface area contributed by atoms with Crippen LogP contribution in [0.15, 0.2) is 65.7 Å². The predicted octanol–water partition coefficient (Wildman–Crippen LogP) is 4.25. The molecule has 0 aliphatic carbocycles. The third-order valence-electron chi connectivity index (χ3n) is 3.51. The number of nitrogens with one attached hydrogen (secondary N) is 3. The Hall–Kier alpha value is -2.60. The molecule has 25 heavy (non-hydrogen) atoms. The first-order valence-corrected chi connectivity index (χ1v) is 8.61. The van der Waals surface area contributed by atoms with Gasteiger partial charge >= 0.3 is 6.03 Å². The van der Waals surface area contributed by atoms with Gasteiger partial charge in [-0.05, 0) is 48.9 Å². The number of hydrogen-bond acceptors (Lipinski definition) is 2. The topological polar surface area (TPSA) is 70.2 Å². The Labute approximate surface area is 155 Å². The lowest BCUT2D eigenvalue weighted by Crippen LogP contribution is -2.31. The standard InChI is InChI=1S/C19H20BrN3O2/c1-3-11-21-18(24)14-7-9-17(10-8-14)23-19(25)22-13(2)15-5-4-6-16(20)12-15/h3-10,12-13H,1,11H2,2H3,(H,21,24)(H2,22,23,25). The van der Waals surface area contributed by atoms with Crippen LogP contribution in [-0.2, 0) is 0 Å². The number of anilines is 1. The second-order valence-corrected chi connectivity index (χ2v) is 6.37. The molecular weight excluding hydrogens is 382 g/mol. The van der Waals surface area contributed by atoms with E-state index in [0.29, 0.717) is 17.8 Å². The molecule has 0 saturated heterocycles. The van der Waals surface area contributed by atoms with E-state index in [4.69, 9.17) is 0 Å². The molecule has 0 heterocycles. The van der Waals surface area contributed by atoms with Gasteiger partial charge in [0.1, 0.15) is 0 Å². The van der Waals surface area contributed by atoms with Gasteiger partial charge in [-0.25, -0.2) is 4.79 Å². The van der Waals surface area contributed by atoms with Crippen molar-refractivity contribution in [3.63, 3.8) is 0 Å². The van der Waals surface area contributed by atoms with Crippen molar-refractivity contribution in [1.29, 1.82) is 0 Å². The molecule has 3 N–H and O–H groups in total. The summed E-state index contributed by atoms with van der Waals surface area (Å²) in [5.74, 6) is -0.181. The zero-order valence-corrected chi connectivity index (χ0v) is 15.5. The Morgan fingerprint density at radius 3 is 2.56 bits per heavy atom. The number of benzene rings is 2. The summed E-state index contributed by atoms with van der Waals surface area (Å²) in [5.41, 5.74) is 2.13. The smallest absolute Gasteiger partial charge is 0.319 e. The van der Waals surface area contributed by atoms with E-state index >= 15 is 0 Å². The highest BCUT2D eigenvalue weighted by atomic mass is 79.9. The molecule has 0 spiro atoms. The molecule has 1 unspecified atom stereocenters. The molecule has 1 atom stereocenters. The lowest BCUT2D eigenvalue weighted by molar-refractivity contribution is 0.0958. The molecular formula is C19H20BrN3O2. The van der Waals surface area contributed by atoms with Gasteiger partial charge in [0.25, 0.3) is 5.91 Å². The summed E-state index contributed by atoms with van der Waals surface area (Å²) >= 11 is 3.42. The lowest BCUT2D eigenvalue weighted by atomic mass is 10.1. The Kier molecular flexibility index (Phi) is 6.77. The van der Waals surface area contributed by atoms with Crippen molar-refractivity contribution >= 4 is 33.6 Å². The van der Waals surface area contributed by atoms with Crippen LogP contribution in [0.4, 0.5) is 10.5 Å². The van der Waals surface area contributed by atoms with Crippen molar-refractivity contribution < 1.29 is 9.59 Å². The summed E-state index contributed by atoms with van der Waals surface area (Å²) in [6.07, 6.45) is 1.62. The molecule has 2 aromatic carbocycles. The van der Waals surface area contributed by atoms with Crippen LogP contribution in [0.2, 0.25) is 0 Å². The van der Waals surface area contributed by atoms with E-state index in [1.165, 1.54) is 0 Å². The van der Waals surface area contributed by atoms with Crippen molar-refractivity contribution in [2.24, 2.45) is 0 Å². The molecule has 0 radical (unpaired) electrons. The highest BCUT2D eigenvalue weighted by molar-refractivity contribution is 9.10. The Morgan fingerprint density at radius 2 is 1.92 bits per heavy atom. The first-order chi connectivity index (χ1) is 12.0. The molecule has 0 aliphatic rings. The summed E-state index contributed by atoms with van der Waals surface area (Å²) in [6, 6.07) is 14.0. The summed E-state index contributed by atoms with van der Waals surface area (Å²) in [6.45, 7) is 5.87. The largest absolute Gasteiger partial charge is 0.349 e. The van der Waals surface area contributed by atoms with Gasteiger partial charge in [-0.15, -0.1) is 6.58 Å². The maximum atomic E-state index is 12.1. The van der Waals surface area contributed by atoms with E-state index in [1.807, 2.05) is 31.2 Å². The molecule has 0 saturated carbocycles. The minimum atomic E-state index is -0.309. The number of amides is 3. The third kappa shape index (κ3) is 5.76. The van der Waals surface area contributed by atoms with E-state index in [9.17, 15) is 9.59 Å². The average Bonchev–Trinajstić information content (AvgIpc) is 2.60. The Bertz CT molecular complexity index is 760. The zero-order valence-electron chi connectivity index (χ0n) is 13.9. The van der Waals surface area contributed by atoms with Crippen molar-refractivity contribution in [1.82, 2.24) is 10.6 Å². The first-order valence-electron chi connectivity index (χ1n) is 7.81. The van der Waals surface area contributed by atoms with E-state index in [-0.39, 0.29) is 18.0 Å². The molecule has 3 amide bonds. The van der Waals surface area contributed by atoms with Crippen molar-refractivity contribution in [3.8, 4) is 0 Å².